The number of nitrogens with zero attached hydrogens (tertiary/aromatic N) is 1. The molecule has 1 amide bonds. The summed E-state index contributed by atoms with van der Waals surface area (Å²) in [6.45, 7) is 4.48. The van der Waals surface area contributed by atoms with Crippen LogP contribution in [0.15, 0.2) is 0 Å². The largest absolute Gasteiger partial charge is 0.391 e. The van der Waals surface area contributed by atoms with Crippen LogP contribution < -0.4 is 5.32 Å². The molecule has 0 spiro atoms. The lowest BCUT2D eigenvalue weighted by Crippen LogP contribution is -2.65. The molecule has 0 aliphatic carbocycles. The Morgan fingerprint density at radius 2 is 1.93 bits per heavy atom. The van der Waals surface area contributed by atoms with Crippen molar-refractivity contribution in [1.82, 2.24) is 10.2 Å². The van der Waals surface area contributed by atoms with Gasteiger partial charge in [-0.3, -0.25) is 9.69 Å². The summed E-state index contributed by atoms with van der Waals surface area (Å²) >= 11 is 1.20. The molecule has 0 aromatic heterocycles. The zero-order valence-electron chi connectivity index (χ0n) is 16.9. The molecule has 166 valence electrons. The molecule has 0 aromatic carbocycles. The van der Waals surface area contributed by atoms with Crippen molar-refractivity contribution in [1.29, 1.82) is 0 Å². The third kappa shape index (κ3) is 5.72. The number of nitrogens with one attached hydrogen (secondary N) is 1. The first-order valence-electron chi connectivity index (χ1n) is 9.62. The van der Waals surface area contributed by atoms with Gasteiger partial charge in [0.2, 0.25) is 5.91 Å². The zero-order valence-corrected chi connectivity index (χ0v) is 18.5. The second-order valence-electron chi connectivity index (χ2n) is 7.80. The number of carbonyl (C=O) groups excluding carboxylic acids is 1. The molecule has 0 aromatic rings. The molecule has 10 heteroatoms. The van der Waals surface area contributed by atoms with E-state index in [-0.39, 0.29) is 24.4 Å². The van der Waals surface area contributed by atoms with E-state index >= 15 is 0 Å². The van der Waals surface area contributed by atoms with E-state index in [1.54, 1.807) is 6.26 Å². The van der Waals surface area contributed by atoms with Crippen LogP contribution in [0.4, 0.5) is 0 Å². The predicted molar refractivity (Wildman–Crippen MR) is 110 cm³/mol. The molecular formula is C18H35ClN2O6S. The maximum absolute atomic E-state index is 12.8. The number of rotatable bonds is 7. The van der Waals surface area contributed by atoms with Crippen molar-refractivity contribution in [2.75, 3.05) is 19.8 Å². The Bertz CT molecular complexity index is 501. The summed E-state index contributed by atoms with van der Waals surface area (Å²) in [7, 11) is 1.91. The van der Waals surface area contributed by atoms with Crippen LogP contribution >= 0.6 is 24.2 Å². The Balaban J connectivity index is 0.00000392. The maximum atomic E-state index is 12.8. The van der Waals surface area contributed by atoms with E-state index in [4.69, 9.17) is 4.74 Å². The molecule has 2 fully saturated rings. The Hall–Kier alpha value is -0.130. The lowest BCUT2D eigenvalue weighted by molar-refractivity contribution is -0.211. The molecule has 0 saturated carbocycles. The number of amides is 1. The van der Waals surface area contributed by atoms with Crippen molar-refractivity contribution in [2.24, 2.45) is 5.92 Å². The van der Waals surface area contributed by atoms with E-state index < -0.39 is 42.0 Å². The van der Waals surface area contributed by atoms with Gasteiger partial charge >= 0.3 is 0 Å². The zero-order chi connectivity index (χ0) is 20.3. The van der Waals surface area contributed by atoms with Crippen LogP contribution in [-0.4, -0.2) is 99.1 Å². The van der Waals surface area contributed by atoms with Gasteiger partial charge in [-0.05, 0) is 39.0 Å². The van der Waals surface area contributed by atoms with Crippen molar-refractivity contribution >= 4 is 30.1 Å². The maximum Gasteiger partial charge on any atom is 0.237 e. The minimum atomic E-state index is -1.42. The highest BCUT2D eigenvalue weighted by molar-refractivity contribution is 7.99. The summed E-state index contributed by atoms with van der Waals surface area (Å²) in [6, 6.07) is -1.20. The van der Waals surface area contributed by atoms with Gasteiger partial charge in [0.1, 0.15) is 29.9 Å². The first kappa shape index (κ1) is 25.9. The second kappa shape index (κ2) is 11.3. The van der Waals surface area contributed by atoms with E-state index in [1.165, 1.54) is 18.7 Å². The molecule has 2 heterocycles. The lowest BCUT2D eigenvalue weighted by atomic mass is 9.92. The van der Waals surface area contributed by atoms with Crippen molar-refractivity contribution < 1.29 is 30.0 Å². The lowest BCUT2D eigenvalue weighted by Gasteiger charge is -2.44. The summed E-state index contributed by atoms with van der Waals surface area (Å²) in [5.74, 6) is 0.245. The summed E-state index contributed by atoms with van der Waals surface area (Å²) in [4.78, 5) is 14.9. The van der Waals surface area contributed by atoms with E-state index in [0.29, 0.717) is 5.92 Å². The van der Waals surface area contributed by atoms with E-state index in [1.807, 2.05) is 11.9 Å². The van der Waals surface area contributed by atoms with Crippen LogP contribution in [0.2, 0.25) is 0 Å². The van der Waals surface area contributed by atoms with Crippen LogP contribution in [-0.2, 0) is 9.53 Å². The summed E-state index contributed by atoms with van der Waals surface area (Å²) < 4.78 is 5.72. The average molecular weight is 443 g/mol. The number of thioether (sulfide) groups is 1. The second-order valence-corrected chi connectivity index (χ2v) is 8.73. The van der Waals surface area contributed by atoms with E-state index in [2.05, 4.69) is 12.2 Å². The predicted octanol–water partition coefficient (Wildman–Crippen LogP) is -0.435. The highest BCUT2D eigenvalue weighted by atomic mass is 35.5. The monoisotopic (exact) mass is 442 g/mol. The Kier molecular flexibility index (Phi) is 10.5. The van der Waals surface area contributed by atoms with Gasteiger partial charge in [-0.25, -0.2) is 0 Å². The van der Waals surface area contributed by atoms with Crippen LogP contribution in [0.1, 0.15) is 33.1 Å². The van der Waals surface area contributed by atoms with Gasteiger partial charge in [0.25, 0.3) is 0 Å². The number of halogens is 1. The van der Waals surface area contributed by atoms with Crippen LogP contribution in [0.25, 0.3) is 0 Å². The number of likely N-dealkylation sites (N-methyl/N-ethyl adjacent to an activating group) is 1. The number of aliphatic hydroxyl groups is 4. The topological polar surface area (TPSA) is 122 Å². The molecule has 0 bridgehead atoms. The van der Waals surface area contributed by atoms with Crippen LogP contribution in [0.5, 0.6) is 0 Å². The number of hydrogen-bond acceptors (Lipinski definition) is 8. The fourth-order valence-corrected chi connectivity index (χ4v) is 4.81. The highest BCUT2D eigenvalue weighted by Gasteiger charge is 2.48. The molecule has 1 unspecified atom stereocenters. The standard InChI is InChI=1S/C18H34N2O6S.ClH/c1-5-6-10-7-11(20(3)8-10)17(25)19-12(9(2)21)16-14(23)13(22)15(24)18(26-16)27-4;/h9-16,18,21-24H,5-8H2,1-4H3,(H,19,25);1H/t9-,10-,11-,12?,13-,14+,15-,16+,18+;/m0./s1. The van der Waals surface area contributed by atoms with Crippen molar-refractivity contribution in [2.45, 2.75) is 81.1 Å². The van der Waals surface area contributed by atoms with Gasteiger partial charge in [0.05, 0.1) is 18.2 Å². The third-order valence-corrected chi connectivity index (χ3v) is 6.51. The van der Waals surface area contributed by atoms with Crippen LogP contribution in [0, 0.1) is 5.92 Å². The molecule has 9 atom stereocenters. The number of likely N-dealkylation sites (tertiary alicyclic amines) is 1. The van der Waals surface area contributed by atoms with Crippen molar-refractivity contribution in [3.05, 3.63) is 0 Å². The Morgan fingerprint density at radius 3 is 2.46 bits per heavy atom. The molecule has 5 N–H and O–H groups in total. The van der Waals surface area contributed by atoms with Crippen molar-refractivity contribution in [3.63, 3.8) is 0 Å². The molecule has 0 radical (unpaired) electrons. The molecule has 2 aliphatic heterocycles. The number of hydrogen-bond donors (Lipinski definition) is 5. The number of ether oxygens (including phenoxy) is 1. The fraction of sp³-hybridized carbons (Fsp3) is 0.944. The van der Waals surface area contributed by atoms with Gasteiger partial charge in [-0.15, -0.1) is 24.2 Å². The molecule has 28 heavy (non-hydrogen) atoms. The molecule has 2 aliphatic rings. The fourth-order valence-electron chi connectivity index (χ4n) is 4.13. The van der Waals surface area contributed by atoms with Gasteiger partial charge < -0.3 is 30.5 Å². The van der Waals surface area contributed by atoms with Crippen LogP contribution in [0.3, 0.4) is 0 Å². The Morgan fingerprint density at radius 1 is 1.29 bits per heavy atom. The van der Waals surface area contributed by atoms with E-state index in [0.717, 1.165) is 25.8 Å². The number of aliphatic hydroxyl groups excluding tert-OH is 4. The molecule has 8 nitrogen and oxygen atoms in total. The van der Waals surface area contributed by atoms with Gasteiger partial charge in [0, 0.05) is 6.54 Å². The smallest absolute Gasteiger partial charge is 0.237 e. The van der Waals surface area contributed by atoms with Gasteiger partial charge in [-0.1, -0.05) is 13.3 Å². The third-order valence-electron chi connectivity index (χ3n) is 5.66. The van der Waals surface area contributed by atoms with Crippen molar-refractivity contribution in [3.8, 4) is 0 Å². The normalized spacial score (nSPS) is 38.5. The SMILES string of the molecule is CCC[C@H]1C[C@@H](C(=O)NC([C@H](C)O)[C@H]2O[C@H](SC)[C@@H](O)[C@@H](O)[C@H]2O)N(C)C1.Cl. The quantitative estimate of drug-likeness (QED) is 0.360. The van der Waals surface area contributed by atoms with Gasteiger partial charge in [0.15, 0.2) is 0 Å². The average Bonchev–Trinajstić information content (AvgIpc) is 2.99. The molecular weight excluding hydrogens is 408 g/mol. The minimum Gasteiger partial charge on any atom is -0.391 e. The highest BCUT2D eigenvalue weighted by Crippen LogP contribution is 2.30. The van der Waals surface area contributed by atoms with E-state index in [9.17, 15) is 25.2 Å². The molecule has 2 rings (SSSR count). The summed E-state index contributed by atoms with van der Waals surface area (Å²) in [5.41, 5.74) is -0.755. The van der Waals surface area contributed by atoms with Gasteiger partial charge in [-0.2, -0.15) is 0 Å². The minimum absolute atomic E-state index is 0. The Labute approximate surface area is 177 Å². The summed E-state index contributed by atoms with van der Waals surface area (Å²) in [5, 5.41) is 43.5. The first-order chi connectivity index (χ1) is 12.7. The first-order valence-corrected chi connectivity index (χ1v) is 10.9. The molecule has 2 saturated heterocycles. The summed E-state index contributed by atoms with van der Waals surface area (Å²) in [6.07, 6.45) is -1.50. The number of carbonyl (C=O) groups is 1.